The first kappa shape index (κ1) is 13.3. The SMILES string of the molecule is CC(C)[C@H]1C=C(OC(=O)C(C)(C)C)CCC1. The van der Waals surface area contributed by atoms with Crippen molar-refractivity contribution in [3.05, 3.63) is 11.8 Å². The summed E-state index contributed by atoms with van der Waals surface area (Å²) in [6.45, 7) is 10.1. The average molecular weight is 224 g/mol. The van der Waals surface area contributed by atoms with E-state index in [4.69, 9.17) is 4.74 Å². The molecule has 0 heterocycles. The van der Waals surface area contributed by atoms with Gasteiger partial charge in [0.05, 0.1) is 5.41 Å². The van der Waals surface area contributed by atoms with Crippen LogP contribution in [0.2, 0.25) is 0 Å². The van der Waals surface area contributed by atoms with Gasteiger partial charge in [0.1, 0.15) is 5.76 Å². The van der Waals surface area contributed by atoms with Crippen LogP contribution in [0.15, 0.2) is 11.8 Å². The lowest BCUT2D eigenvalue weighted by molar-refractivity contribution is -0.148. The molecule has 0 bridgehead atoms. The summed E-state index contributed by atoms with van der Waals surface area (Å²) in [7, 11) is 0. The molecule has 2 heteroatoms. The Hall–Kier alpha value is -0.790. The summed E-state index contributed by atoms with van der Waals surface area (Å²) in [6, 6.07) is 0. The van der Waals surface area contributed by atoms with Crippen LogP contribution in [-0.2, 0) is 9.53 Å². The van der Waals surface area contributed by atoms with Crippen LogP contribution < -0.4 is 0 Å². The molecule has 0 saturated carbocycles. The fourth-order valence-corrected chi connectivity index (χ4v) is 1.80. The van der Waals surface area contributed by atoms with Gasteiger partial charge in [0.2, 0.25) is 0 Å². The van der Waals surface area contributed by atoms with Crippen molar-refractivity contribution >= 4 is 5.97 Å². The highest BCUT2D eigenvalue weighted by Crippen LogP contribution is 2.30. The van der Waals surface area contributed by atoms with Crippen LogP contribution in [0.25, 0.3) is 0 Å². The molecule has 0 N–H and O–H groups in total. The molecule has 1 aliphatic rings. The fourth-order valence-electron chi connectivity index (χ4n) is 1.80. The van der Waals surface area contributed by atoms with E-state index < -0.39 is 5.41 Å². The standard InChI is InChI=1S/C14H24O2/c1-10(2)11-7-6-8-12(9-11)16-13(15)14(3,4)5/h9-11H,6-8H2,1-5H3/t11-/m1/s1. The van der Waals surface area contributed by atoms with Gasteiger partial charge in [-0.2, -0.15) is 0 Å². The predicted molar refractivity (Wildman–Crippen MR) is 65.8 cm³/mol. The van der Waals surface area contributed by atoms with Gasteiger partial charge in [0, 0.05) is 6.42 Å². The minimum Gasteiger partial charge on any atom is -0.431 e. The highest BCUT2D eigenvalue weighted by atomic mass is 16.5. The van der Waals surface area contributed by atoms with Gasteiger partial charge in [-0.25, -0.2) is 0 Å². The molecule has 0 amide bonds. The molecule has 0 saturated heterocycles. The zero-order chi connectivity index (χ0) is 12.3. The first-order chi connectivity index (χ1) is 7.30. The minimum atomic E-state index is -0.411. The van der Waals surface area contributed by atoms with Crippen molar-refractivity contribution in [3.63, 3.8) is 0 Å². The van der Waals surface area contributed by atoms with Crippen LogP contribution in [0, 0.1) is 17.3 Å². The fraction of sp³-hybridized carbons (Fsp3) is 0.786. The Bertz CT molecular complexity index is 282. The normalized spacial score (nSPS) is 21.9. The highest BCUT2D eigenvalue weighted by molar-refractivity contribution is 5.76. The number of carbonyl (C=O) groups excluding carboxylic acids is 1. The van der Waals surface area contributed by atoms with Crippen LogP contribution in [0.4, 0.5) is 0 Å². The van der Waals surface area contributed by atoms with Crippen molar-refractivity contribution in [1.82, 2.24) is 0 Å². The van der Waals surface area contributed by atoms with Gasteiger partial charge in [-0.05, 0) is 51.5 Å². The van der Waals surface area contributed by atoms with Gasteiger partial charge in [-0.3, -0.25) is 4.79 Å². The molecule has 0 unspecified atom stereocenters. The quantitative estimate of drug-likeness (QED) is 0.665. The molecule has 0 radical (unpaired) electrons. The van der Waals surface area contributed by atoms with E-state index in [1.54, 1.807) is 0 Å². The molecule has 0 aromatic rings. The topological polar surface area (TPSA) is 26.3 Å². The summed E-state index contributed by atoms with van der Waals surface area (Å²) in [6.07, 6.45) is 5.41. The summed E-state index contributed by atoms with van der Waals surface area (Å²) in [5.74, 6) is 1.95. The smallest absolute Gasteiger partial charge is 0.316 e. The number of allylic oxidation sites excluding steroid dienone is 2. The van der Waals surface area contributed by atoms with E-state index in [2.05, 4.69) is 19.9 Å². The Kier molecular flexibility index (Phi) is 4.17. The van der Waals surface area contributed by atoms with Gasteiger partial charge >= 0.3 is 5.97 Å². The predicted octanol–water partition coefficient (Wildman–Crippen LogP) is 3.92. The molecular weight excluding hydrogens is 200 g/mol. The Labute approximate surface area is 99.1 Å². The maximum absolute atomic E-state index is 11.7. The third-order valence-corrected chi connectivity index (χ3v) is 3.05. The second kappa shape index (κ2) is 5.03. The van der Waals surface area contributed by atoms with Crippen LogP contribution in [-0.4, -0.2) is 5.97 Å². The van der Waals surface area contributed by atoms with Crippen molar-refractivity contribution in [2.75, 3.05) is 0 Å². The molecule has 0 aromatic carbocycles. The van der Waals surface area contributed by atoms with Crippen molar-refractivity contribution in [2.45, 2.75) is 53.9 Å². The van der Waals surface area contributed by atoms with Crippen LogP contribution in [0.1, 0.15) is 53.9 Å². The average Bonchev–Trinajstić information content (AvgIpc) is 2.16. The molecule has 0 aromatic heterocycles. The summed E-state index contributed by atoms with van der Waals surface area (Å²) < 4.78 is 5.46. The van der Waals surface area contributed by atoms with E-state index in [9.17, 15) is 4.79 Å². The molecule has 2 nitrogen and oxygen atoms in total. The molecule has 1 atom stereocenters. The summed E-state index contributed by atoms with van der Waals surface area (Å²) >= 11 is 0. The van der Waals surface area contributed by atoms with E-state index >= 15 is 0 Å². The maximum Gasteiger partial charge on any atom is 0.316 e. The summed E-state index contributed by atoms with van der Waals surface area (Å²) in [4.78, 5) is 11.7. The molecule has 92 valence electrons. The van der Waals surface area contributed by atoms with Gasteiger partial charge in [0.25, 0.3) is 0 Å². The monoisotopic (exact) mass is 224 g/mol. The second-order valence-electron chi connectivity index (χ2n) is 6.07. The molecule has 0 fully saturated rings. The zero-order valence-electron chi connectivity index (χ0n) is 11.2. The maximum atomic E-state index is 11.7. The lowest BCUT2D eigenvalue weighted by Gasteiger charge is -2.25. The highest BCUT2D eigenvalue weighted by Gasteiger charge is 2.26. The first-order valence-electron chi connectivity index (χ1n) is 6.23. The number of ether oxygens (including phenoxy) is 1. The Balaban J connectivity index is 2.64. The molecule has 1 rings (SSSR count). The largest absolute Gasteiger partial charge is 0.431 e. The lowest BCUT2D eigenvalue weighted by atomic mass is 9.86. The number of hydrogen-bond donors (Lipinski definition) is 0. The molecule has 16 heavy (non-hydrogen) atoms. The molecule has 1 aliphatic carbocycles. The summed E-state index contributed by atoms with van der Waals surface area (Å²) in [5, 5.41) is 0. The van der Waals surface area contributed by atoms with Crippen molar-refractivity contribution in [1.29, 1.82) is 0 Å². The van der Waals surface area contributed by atoms with Crippen LogP contribution >= 0.6 is 0 Å². The van der Waals surface area contributed by atoms with Gasteiger partial charge in [-0.15, -0.1) is 0 Å². The van der Waals surface area contributed by atoms with Crippen LogP contribution in [0.5, 0.6) is 0 Å². The molecular formula is C14H24O2. The van der Waals surface area contributed by atoms with Crippen molar-refractivity contribution < 1.29 is 9.53 Å². The zero-order valence-corrected chi connectivity index (χ0v) is 11.2. The molecule has 0 spiro atoms. The van der Waals surface area contributed by atoms with E-state index in [1.165, 1.54) is 6.42 Å². The van der Waals surface area contributed by atoms with Gasteiger partial charge in [0.15, 0.2) is 0 Å². The van der Waals surface area contributed by atoms with E-state index in [0.29, 0.717) is 11.8 Å². The third kappa shape index (κ3) is 3.66. The Morgan fingerprint density at radius 2 is 2.06 bits per heavy atom. The van der Waals surface area contributed by atoms with E-state index in [-0.39, 0.29) is 5.97 Å². The van der Waals surface area contributed by atoms with Gasteiger partial charge in [-0.1, -0.05) is 13.8 Å². The number of esters is 1. The Morgan fingerprint density at radius 3 is 2.56 bits per heavy atom. The summed E-state index contributed by atoms with van der Waals surface area (Å²) in [5.41, 5.74) is -0.411. The van der Waals surface area contributed by atoms with Crippen LogP contribution in [0.3, 0.4) is 0 Å². The lowest BCUT2D eigenvalue weighted by Crippen LogP contribution is -2.24. The van der Waals surface area contributed by atoms with Crippen molar-refractivity contribution in [3.8, 4) is 0 Å². The van der Waals surface area contributed by atoms with Crippen molar-refractivity contribution in [2.24, 2.45) is 17.3 Å². The first-order valence-corrected chi connectivity index (χ1v) is 6.23. The number of hydrogen-bond acceptors (Lipinski definition) is 2. The Morgan fingerprint density at radius 1 is 1.44 bits per heavy atom. The molecule has 0 aliphatic heterocycles. The number of rotatable bonds is 2. The van der Waals surface area contributed by atoms with E-state index in [0.717, 1.165) is 18.6 Å². The van der Waals surface area contributed by atoms with Gasteiger partial charge < -0.3 is 4.74 Å². The number of carbonyl (C=O) groups is 1. The minimum absolute atomic E-state index is 0.122. The second-order valence-corrected chi connectivity index (χ2v) is 6.07. The third-order valence-electron chi connectivity index (χ3n) is 3.05. The van der Waals surface area contributed by atoms with E-state index in [1.807, 2.05) is 20.8 Å².